The molecule has 56 valence electrons. The molecule has 0 amide bonds. The van der Waals surface area contributed by atoms with Crippen molar-refractivity contribution in [3.63, 3.8) is 0 Å². The van der Waals surface area contributed by atoms with Gasteiger partial charge in [0.05, 0.1) is 0 Å². The minimum Gasteiger partial charge on any atom is -0.300 e. The summed E-state index contributed by atoms with van der Waals surface area (Å²) in [5.74, 6) is 0.212. The Kier molecular flexibility index (Phi) is 4.55. The lowest BCUT2D eigenvalue weighted by molar-refractivity contribution is -0.116. The number of rotatable bonds is 3. The Labute approximate surface area is 62.4 Å². The largest absolute Gasteiger partial charge is 0.300 e. The van der Waals surface area contributed by atoms with Crippen molar-refractivity contribution >= 4 is 5.78 Å². The highest BCUT2D eigenvalue weighted by Gasteiger charge is 1.86. The smallest absolute Gasteiger partial charge is 0.133 e. The zero-order chi connectivity index (χ0) is 7.98. The summed E-state index contributed by atoms with van der Waals surface area (Å²) in [5, 5.41) is 0. The lowest BCUT2D eigenvalue weighted by Gasteiger charge is -1.88. The number of ketones is 1. The molecule has 0 aromatic rings. The van der Waals surface area contributed by atoms with Gasteiger partial charge in [-0.15, -0.1) is 0 Å². The molecule has 0 aromatic heterocycles. The lowest BCUT2D eigenvalue weighted by Crippen LogP contribution is -1.85. The van der Waals surface area contributed by atoms with E-state index in [1.165, 1.54) is 0 Å². The highest BCUT2D eigenvalue weighted by Crippen LogP contribution is 1.97. The molecule has 10 heavy (non-hydrogen) atoms. The minimum absolute atomic E-state index is 0.212. The van der Waals surface area contributed by atoms with Crippen molar-refractivity contribution in [1.82, 2.24) is 0 Å². The second kappa shape index (κ2) is 4.98. The number of hydrogen-bond donors (Lipinski definition) is 0. The average Bonchev–Trinajstić information content (AvgIpc) is 1.85. The first kappa shape index (κ1) is 9.15. The number of Topliss-reactive ketones (excluding diaryl/α,β-unsaturated/α-hetero) is 1. The lowest BCUT2D eigenvalue weighted by atomic mass is 10.2. The SMILES string of the molecule is C/C=C\C(C)=C/CC(C)=O. The Hall–Kier alpha value is -0.850. The maximum absolute atomic E-state index is 10.5. The van der Waals surface area contributed by atoms with Crippen LogP contribution in [0.15, 0.2) is 23.8 Å². The van der Waals surface area contributed by atoms with E-state index in [9.17, 15) is 4.79 Å². The van der Waals surface area contributed by atoms with Crippen molar-refractivity contribution < 1.29 is 4.79 Å². The molecule has 0 aliphatic rings. The topological polar surface area (TPSA) is 17.1 Å². The van der Waals surface area contributed by atoms with E-state index >= 15 is 0 Å². The highest BCUT2D eigenvalue weighted by atomic mass is 16.1. The molecule has 0 spiro atoms. The van der Waals surface area contributed by atoms with Gasteiger partial charge in [0.25, 0.3) is 0 Å². The molecule has 0 bridgehead atoms. The van der Waals surface area contributed by atoms with Gasteiger partial charge >= 0.3 is 0 Å². The molecule has 1 heteroatoms. The van der Waals surface area contributed by atoms with Gasteiger partial charge in [-0.1, -0.05) is 23.8 Å². The van der Waals surface area contributed by atoms with Crippen LogP contribution >= 0.6 is 0 Å². The molecule has 0 aliphatic heterocycles. The van der Waals surface area contributed by atoms with Crippen LogP contribution in [-0.4, -0.2) is 5.78 Å². The predicted octanol–water partition coefficient (Wildman–Crippen LogP) is 2.49. The Bertz CT molecular complexity index is 164. The molecule has 0 aromatic carbocycles. The first-order valence-electron chi connectivity index (χ1n) is 3.45. The fourth-order valence-corrected chi connectivity index (χ4v) is 0.636. The van der Waals surface area contributed by atoms with Crippen LogP contribution in [0, 0.1) is 0 Å². The quantitative estimate of drug-likeness (QED) is 0.547. The standard InChI is InChI=1S/C9H14O/c1-4-5-8(2)6-7-9(3)10/h4-6H,7H2,1-3H3/b5-4-,8-6-. The zero-order valence-electron chi connectivity index (χ0n) is 6.85. The van der Waals surface area contributed by atoms with Gasteiger partial charge in [0.2, 0.25) is 0 Å². The van der Waals surface area contributed by atoms with E-state index in [1.807, 2.05) is 32.1 Å². The first-order chi connectivity index (χ1) is 4.66. The summed E-state index contributed by atoms with van der Waals surface area (Å²) in [6.45, 7) is 5.55. The molecule has 0 heterocycles. The fourth-order valence-electron chi connectivity index (χ4n) is 0.636. The van der Waals surface area contributed by atoms with Crippen LogP contribution < -0.4 is 0 Å². The van der Waals surface area contributed by atoms with Gasteiger partial charge in [0, 0.05) is 6.42 Å². The second-order valence-corrected chi connectivity index (χ2v) is 2.35. The van der Waals surface area contributed by atoms with Gasteiger partial charge < -0.3 is 0 Å². The van der Waals surface area contributed by atoms with Crippen LogP contribution in [-0.2, 0) is 4.79 Å². The van der Waals surface area contributed by atoms with Gasteiger partial charge in [-0.05, 0) is 20.8 Å². The molecule has 0 unspecified atom stereocenters. The third kappa shape index (κ3) is 5.29. The van der Waals surface area contributed by atoms with Crippen molar-refractivity contribution in [2.24, 2.45) is 0 Å². The summed E-state index contributed by atoms with van der Waals surface area (Å²) in [7, 11) is 0. The third-order valence-corrected chi connectivity index (χ3v) is 1.14. The van der Waals surface area contributed by atoms with E-state index in [1.54, 1.807) is 6.92 Å². The van der Waals surface area contributed by atoms with Crippen LogP contribution in [0.2, 0.25) is 0 Å². The van der Waals surface area contributed by atoms with Crippen LogP contribution in [0.25, 0.3) is 0 Å². The van der Waals surface area contributed by atoms with Crippen molar-refractivity contribution in [3.05, 3.63) is 23.8 Å². The van der Waals surface area contributed by atoms with E-state index in [4.69, 9.17) is 0 Å². The summed E-state index contributed by atoms with van der Waals surface area (Å²) in [4.78, 5) is 10.5. The number of allylic oxidation sites excluding steroid dienone is 4. The number of hydrogen-bond acceptors (Lipinski definition) is 1. The molecule has 0 fully saturated rings. The molecular formula is C9H14O. The fraction of sp³-hybridized carbons (Fsp3) is 0.444. The predicted molar refractivity (Wildman–Crippen MR) is 43.9 cm³/mol. The summed E-state index contributed by atoms with van der Waals surface area (Å²) >= 11 is 0. The Morgan fingerprint density at radius 2 is 2.00 bits per heavy atom. The first-order valence-corrected chi connectivity index (χ1v) is 3.45. The third-order valence-electron chi connectivity index (χ3n) is 1.14. The van der Waals surface area contributed by atoms with Crippen LogP contribution in [0.1, 0.15) is 27.2 Å². The highest BCUT2D eigenvalue weighted by molar-refractivity contribution is 5.77. The molecule has 0 saturated heterocycles. The normalized spacial score (nSPS) is 12.5. The van der Waals surface area contributed by atoms with Gasteiger partial charge in [-0.2, -0.15) is 0 Å². The molecule has 0 saturated carbocycles. The summed E-state index contributed by atoms with van der Waals surface area (Å²) in [5.41, 5.74) is 1.15. The van der Waals surface area contributed by atoms with Crippen molar-refractivity contribution in [3.8, 4) is 0 Å². The maximum atomic E-state index is 10.5. The molecule has 0 rings (SSSR count). The van der Waals surface area contributed by atoms with Gasteiger partial charge in [-0.3, -0.25) is 4.79 Å². The Morgan fingerprint density at radius 3 is 2.40 bits per heavy atom. The average molecular weight is 138 g/mol. The second-order valence-electron chi connectivity index (χ2n) is 2.35. The Morgan fingerprint density at radius 1 is 1.40 bits per heavy atom. The molecule has 0 N–H and O–H groups in total. The Balaban J connectivity index is 3.80. The zero-order valence-corrected chi connectivity index (χ0v) is 6.85. The van der Waals surface area contributed by atoms with Crippen LogP contribution in [0.4, 0.5) is 0 Å². The summed E-state index contributed by atoms with van der Waals surface area (Å²) in [6, 6.07) is 0. The monoisotopic (exact) mass is 138 g/mol. The van der Waals surface area contributed by atoms with E-state index in [2.05, 4.69) is 0 Å². The van der Waals surface area contributed by atoms with E-state index in [0.29, 0.717) is 6.42 Å². The van der Waals surface area contributed by atoms with E-state index in [0.717, 1.165) is 5.57 Å². The van der Waals surface area contributed by atoms with E-state index in [-0.39, 0.29) is 5.78 Å². The summed E-state index contributed by atoms with van der Waals surface area (Å²) in [6.07, 6.45) is 6.44. The molecule has 1 nitrogen and oxygen atoms in total. The van der Waals surface area contributed by atoms with Crippen molar-refractivity contribution in [1.29, 1.82) is 0 Å². The summed E-state index contributed by atoms with van der Waals surface area (Å²) < 4.78 is 0. The molecule has 0 atom stereocenters. The number of carbonyl (C=O) groups is 1. The van der Waals surface area contributed by atoms with Crippen LogP contribution in [0.3, 0.4) is 0 Å². The molecule has 0 aliphatic carbocycles. The van der Waals surface area contributed by atoms with Crippen molar-refractivity contribution in [2.45, 2.75) is 27.2 Å². The molecular weight excluding hydrogens is 124 g/mol. The molecule has 0 radical (unpaired) electrons. The maximum Gasteiger partial charge on any atom is 0.133 e. The van der Waals surface area contributed by atoms with Crippen molar-refractivity contribution in [2.75, 3.05) is 0 Å². The van der Waals surface area contributed by atoms with Gasteiger partial charge in [-0.25, -0.2) is 0 Å². The number of carbonyl (C=O) groups excluding carboxylic acids is 1. The van der Waals surface area contributed by atoms with Gasteiger partial charge in [0.15, 0.2) is 0 Å². The minimum atomic E-state index is 0.212. The van der Waals surface area contributed by atoms with Gasteiger partial charge in [0.1, 0.15) is 5.78 Å². The van der Waals surface area contributed by atoms with E-state index < -0.39 is 0 Å². The van der Waals surface area contributed by atoms with Crippen LogP contribution in [0.5, 0.6) is 0 Å².